The summed E-state index contributed by atoms with van der Waals surface area (Å²) in [5.41, 5.74) is 3.05. The van der Waals surface area contributed by atoms with Crippen LogP contribution in [0.1, 0.15) is 30.0 Å². The molecule has 21 heavy (non-hydrogen) atoms. The van der Waals surface area contributed by atoms with Gasteiger partial charge in [0, 0.05) is 13.2 Å². The smallest absolute Gasteiger partial charge is 0.156 e. The number of rotatable bonds is 9. The summed E-state index contributed by atoms with van der Waals surface area (Å²) in [6.45, 7) is 7.24. The minimum absolute atomic E-state index is 0.0868. The van der Waals surface area contributed by atoms with E-state index >= 15 is 0 Å². The van der Waals surface area contributed by atoms with E-state index in [1.165, 1.54) is 0 Å². The molecule has 0 spiro atoms. The molecule has 0 aliphatic rings. The van der Waals surface area contributed by atoms with Gasteiger partial charge >= 0.3 is 0 Å². The van der Waals surface area contributed by atoms with Crippen molar-refractivity contribution in [2.45, 2.75) is 39.0 Å². The fourth-order valence-electron chi connectivity index (χ4n) is 2.49. The quantitative estimate of drug-likeness (QED) is 0.759. The molecular weight excluding hydrogens is 286 g/mol. The fraction of sp³-hybridized carbons (Fsp3) is 0.625. The minimum Gasteiger partial charge on any atom is -0.383 e. The van der Waals surface area contributed by atoms with Crippen molar-refractivity contribution in [3.63, 3.8) is 0 Å². The van der Waals surface area contributed by atoms with Gasteiger partial charge in [-0.3, -0.25) is 0 Å². The van der Waals surface area contributed by atoms with E-state index in [0.29, 0.717) is 6.61 Å². The molecule has 0 amide bonds. The van der Waals surface area contributed by atoms with Crippen molar-refractivity contribution < 1.29 is 13.2 Å². The van der Waals surface area contributed by atoms with Crippen LogP contribution in [0, 0.1) is 13.8 Å². The molecule has 0 fully saturated rings. The number of methoxy groups -OCH3 is 1. The molecule has 1 atom stereocenters. The number of benzene rings is 1. The molecule has 0 aromatic heterocycles. The van der Waals surface area contributed by atoms with Crippen LogP contribution >= 0.6 is 0 Å². The zero-order valence-corrected chi connectivity index (χ0v) is 14.3. The van der Waals surface area contributed by atoms with Crippen LogP contribution in [0.5, 0.6) is 0 Å². The van der Waals surface area contributed by atoms with Crippen LogP contribution < -0.4 is 5.32 Å². The Kier molecular flexibility index (Phi) is 7.35. The maximum atomic E-state index is 12.4. The monoisotopic (exact) mass is 313 g/mol. The topological polar surface area (TPSA) is 55.4 Å². The Labute approximate surface area is 128 Å². The molecule has 4 nitrogen and oxygen atoms in total. The van der Waals surface area contributed by atoms with Crippen molar-refractivity contribution >= 4 is 9.84 Å². The van der Waals surface area contributed by atoms with Crippen LogP contribution in [0.15, 0.2) is 18.2 Å². The highest BCUT2D eigenvalue weighted by Crippen LogP contribution is 2.13. The fourth-order valence-corrected chi connectivity index (χ4v) is 4.11. The maximum absolute atomic E-state index is 12.4. The van der Waals surface area contributed by atoms with Crippen LogP contribution in [0.3, 0.4) is 0 Å². The first-order valence-electron chi connectivity index (χ1n) is 7.36. The van der Waals surface area contributed by atoms with Crippen molar-refractivity contribution in [1.82, 2.24) is 5.32 Å². The summed E-state index contributed by atoms with van der Waals surface area (Å²) in [6.07, 6.45) is 0.970. The Hall–Kier alpha value is -0.910. The zero-order chi connectivity index (χ0) is 15.9. The normalized spacial score (nSPS) is 13.3. The predicted octanol–water partition coefficient (Wildman–Crippen LogP) is 2.23. The third-order valence-corrected chi connectivity index (χ3v) is 4.86. The predicted molar refractivity (Wildman–Crippen MR) is 87.4 cm³/mol. The van der Waals surface area contributed by atoms with E-state index in [1.807, 2.05) is 32.0 Å². The van der Waals surface area contributed by atoms with Gasteiger partial charge in [0.2, 0.25) is 0 Å². The molecule has 0 aliphatic heterocycles. The number of hydrogen-bond acceptors (Lipinski definition) is 4. The van der Waals surface area contributed by atoms with Gasteiger partial charge in [-0.25, -0.2) is 8.42 Å². The number of aryl methyl sites for hydroxylation is 2. The Bertz CT molecular complexity index is 520. The Morgan fingerprint density at radius 2 is 1.81 bits per heavy atom. The summed E-state index contributed by atoms with van der Waals surface area (Å²) in [4.78, 5) is 0. The molecular formula is C16H27NO3S. The van der Waals surface area contributed by atoms with Gasteiger partial charge in [-0.1, -0.05) is 36.2 Å². The number of ether oxygens (including phenoxy) is 1. The highest BCUT2D eigenvalue weighted by Gasteiger charge is 2.19. The lowest BCUT2D eigenvalue weighted by Gasteiger charge is -2.18. The summed E-state index contributed by atoms with van der Waals surface area (Å²) in [7, 11) is -1.57. The van der Waals surface area contributed by atoms with Crippen LogP contribution in [0.25, 0.3) is 0 Å². The molecule has 0 heterocycles. The molecule has 0 bridgehead atoms. The van der Waals surface area contributed by atoms with Crippen molar-refractivity contribution in [1.29, 1.82) is 0 Å². The van der Waals surface area contributed by atoms with E-state index in [-0.39, 0.29) is 17.5 Å². The molecule has 5 heteroatoms. The molecule has 1 aromatic carbocycles. The second kappa shape index (κ2) is 8.51. The van der Waals surface area contributed by atoms with E-state index in [9.17, 15) is 8.42 Å². The van der Waals surface area contributed by atoms with Crippen molar-refractivity contribution in [2.24, 2.45) is 0 Å². The lowest BCUT2D eigenvalue weighted by atomic mass is 10.1. The Morgan fingerprint density at radius 1 is 1.19 bits per heavy atom. The van der Waals surface area contributed by atoms with Crippen molar-refractivity contribution in [3.05, 3.63) is 34.9 Å². The summed E-state index contributed by atoms with van der Waals surface area (Å²) in [5.74, 6) is 0.192. The second-order valence-electron chi connectivity index (χ2n) is 5.66. The van der Waals surface area contributed by atoms with E-state index in [0.717, 1.165) is 29.7 Å². The third-order valence-electron chi connectivity index (χ3n) is 3.17. The second-order valence-corrected chi connectivity index (χ2v) is 7.77. The largest absolute Gasteiger partial charge is 0.383 e. The summed E-state index contributed by atoms with van der Waals surface area (Å²) in [5, 5.41) is 3.23. The molecule has 0 saturated heterocycles. The van der Waals surface area contributed by atoms with Crippen LogP contribution in [-0.2, 0) is 20.3 Å². The molecule has 1 N–H and O–H groups in total. The third kappa shape index (κ3) is 7.07. The number of sulfone groups is 1. The standard InChI is InChI=1S/C16H27NO3S/c1-5-6-17-16(10-20-4)12-21(18,19)11-15-8-13(2)7-14(3)9-15/h7-9,16-17H,5-6,10-12H2,1-4H3. The van der Waals surface area contributed by atoms with Crippen molar-refractivity contribution in [2.75, 3.05) is 26.0 Å². The maximum Gasteiger partial charge on any atom is 0.156 e. The van der Waals surface area contributed by atoms with Gasteiger partial charge in [0.25, 0.3) is 0 Å². The average Bonchev–Trinajstić information content (AvgIpc) is 2.33. The van der Waals surface area contributed by atoms with E-state index in [2.05, 4.69) is 12.2 Å². The highest BCUT2D eigenvalue weighted by atomic mass is 32.2. The van der Waals surface area contributed by atoms with E-state index in [1.54, 1.807) is 7.11 Å². The minimum atomic E-state index is -3.16. The first kappa shape index (κ1) is 18.1. The Balaban J connectivity index is 2.74. The number of hydrogen-bond donors (Lipinski definition) is 1. The molecule has 0 radical (unpaired) electrons. The van der Waals surface area contributed by atoms with Crippen LogP contribution in [0.4, 0.5) is 0 Å². The molecule has 1 rings (SSSR count). The van der Waals surface area contributed by atoms with Crippen LogP contribution in [-0.4, -0.2) is 40.5 Å². The van der Waals surface area contributed by atoms with Gasteiger partial charge in [0.1, 0.15) is 0 Å². The highest BCUT2D eigenvalue weighted by molar-refractivity contribution is 7.90. The van der Waals surface area contributed by atoms with Crippen LogP contribution in [0.2, 0.25) is 0 Å². The van der Waals surface area contributed by atoms with Gasteiger partial charge in [-0.05, 0) is 32.4 Å². The molecule has 0 saturated carbocycles. The van der Waals surface area contributed by atoms with Gasteiger partial charge in [0.15, 0.2) is 9.84 Å². The lowest BCUT2D eigenvalue weighted by molar-refractivity contribution is 0.173. The Morgan fingerprint density at radius 3 is 2.33 bits per heavy atom. The zero-order valence-electron chi connectivity index (χ0n) is 13.5. The van der Waals surface area contributed by atoms with E-state index in [4.69, 9.17) is 4.74 Å². The SMILES string of the molecule is CCCNC(COC)CS(=O)(=O)Cc1cc(C)cc(C)c1. The van der Waals surface area contributed by atoms with E-state index < -0.39 is 9.84 Å². The first-order valence-corrected chi connectivity index (χ1v) is 9.18. The van der Waals surface area contributed by atoms with Gasteiger partial charge < -0.3 is 10.1 Å². The average molecular weight is 313 g/mol. The molecule has 1 unspecified atom stereocenters. The summed E-state index contributed by atoms with van der Waals surface area (Å²) < 4.78 is 29.9. The summed E-state index contributed by atoms with van der Waals surface area (Å²) in [6, 6.07) is 5.78. The van der Waals surface area contributed by atoms with Crippen molar-refractivity contribution in [3.8, 4) is 0 Å². The molecule has 120 valence electrons. The van der Waals surface area contributed by atoms with Gasteiger partial charge in [-0.2, -0.15) is 0 Å². The van der Waals surface area contributed by atoms with Gasteiger partial charge in [-0.15, -0.1) is 0 Å². The molecule has 0 aliphatic carbocycles. The number of nitrogens with one attached hydrogen (secondary N) is 1. The summed E-state index contributed by atoms with van der Waals surface area (Å²) >= 11 is 0. The molecule has 1 aromatic rings. The lowest BCUT2D eigenvalue weighted by Crippen LogP contribution is -2.40. The van der Waals surface area contributed by atoms with Gasteiger partial charge in [0.05, 0.1) is 18.1 Å². The first-order chi connectivity index (χ1) is 9.86.